The van der Waals surface area contributed by atoms with Crippen LogP contribution < -0.4 is 10.5 Å². The highest BCUT2D eigenvalue weighted by Crippen LogP contribution is 2.38. The second-order valence-corrected chi connectivity index (χ2v) is 6.58. The summed E-state index contributed by atoms with van der Waals surface area (Å²) in [6, 6.07) is 7.46. The van der Waals surface area contributed by atoms with Crippen LogP contribution in [0.25, 0.3) is 6.08 Å². The Morgan fingerprint density at radius 3 is 2.39 bits per heavy atom. The molecule has 0 atom stereocenters. The Hall–Kier alpha value is -1.81. The maximum absolute atomic E-state index is 9.29. The molecule has 1 saturated heterocycles. The molecule has 0 bridgehead atoms. The fraction of sp³-hybridized carbons (Fsp3) is 0.471. The van der Waals surface area contributed by atoms with E-state index in [1.807, 2.05) is 33.8 Å². The van der Waals surface area contributed by atoms with Gasteiger partial charge in [0.2, 0.25) is 0 Å². The summed E-state index contributed by atoms with van der Waals surface area (Å²) >= 11 is 0. The van der Waals surface area contributed by atoms with Gasteiger partial charge in [0.25, 0.3) is 0 Å². The first-order chi connectivity index (χ1) is 10.7. The van der Waals surface area contributed by atoms with Crippen molar-refractivity contribution in [3.8, 4) is 11.8 Å². The molecule has 1 aliphatic rings. The Morgan fingerprint density at radius 1 is 1.30 bits per heavy atom. The van der Waals surface area contributed by atoms with Crippen molar-refractivity contribution >= 4 is 13.2 Å². The number of benzene rings is 1. The minimum Gasteiger partial charge on any atom is -0.497 e. The van der Waals surface area contributed by atoms with Gasteiger partial charge >= 0.3 is 7.12 Å². The van der Waals surface area contributed by atoms with E-state index in [9.17, 15) is 5.26 Å². The van der Waals surface area contributed by atoms with E-state index in [1.54, 1.807) is 25.3 Å². The molecule has 23 heavy (non-hydrogen) atoms. The molecular formula is C17H23BN2O3. The predicted molar refractivity (Wildman–Crippen MR) is 90.8 cm³/mol. The summed E-state index contributed by atoms with van der Waals surface area (Å²) in [7, 11) is 1.06. The highest BCUT2D eigenvalue weighted by Gasteiger charge is 2.52. The van der Waals surface area contributed by atoms with E-state index in [-0.39, 0.29) is 6.54 Å². The first-order valence-electron chi connectivity index (χ1n) is 7.58. The second-order valence-electron chi connectivity index (χ2n) is 6.58. The van der Waals surface area contributed by atoms with Crippen molar-refractivity contribution in [1.82, 2.24) is 0 Å². The molecule has 0 aliphatic carbocycles. The third-order valence-electron chi connectivity index (χ3n) is 4.51. The van der Waals surface area contributed by atoms with E-state index < -0.39 is 18.3 Å². The first kappa shape index (κ1) is 17.5. The zero-order chi connectivity index (χ0) is 17.3. The largest absolute Gasteiger partial charge is 0.497 e. The highest BCUT2D eigenvalue weighted by atomic mass is 16.7. The third-order valence-corrected chi connectivity index (χ3v) is 4.51. The van der Waals surface area contributed by atoms with Crippen molar-refractivity contribution in [2.24, 2.45) is 5.73 Å². The molecule has 1 heterocycles. The van der Waals surface area contributed by atoms with Gasteiger partial charge in [-0.15, -0.1) is 0 Å². The average molecular weight is 314 g/mol. The zero-order valence-electron chi connectivity index (χ0n) is 14.3. The predicted octanol–water partition coefficient (Wildman–Crippen LogP) is 2.54. The fourth-order valence-corrected chi connectivity index (χ4v) is 2.31. The summed E-state index contributed by atoms with van der Waals surface area (Å²) in [5, 5.41) is 9.29. The van der Waals surface area contributed by atoms with Gasteiger partial charge in [-0.1, -0.05) is 6.08 Å². The van der Waals surface area contributed by atoms with E-state index >= 15 is 0 Å². The number of hydrogen-bond donors (Lipinski definition) is 1. The molecule has 5 nitrogen and oxygen atoms in total. The van der Waals surface area contributed by atoms with Crippen LogP contribution in [0.1, 0.15) is 38.8 Å². The number of hydrogen-bond acceptors (Lipinski definition) is 5. The Kier molecular flexibility index (Phi) is 4.85. The van der Waals surface area contributed by atoms with Crippen molar-refractivity contribution in [1.29, 1.82) is 5.26 Å². The van der Waals surface area contributed by atoms with Crippen LogP contribution in [-0.4, -0.2) is 32.0 Å². The van der Waals surface area contributed by atoms with Crippen LogP contribution in [0.4, 0.5) is 0 Å². The minimum absolute atomic E-state index is 0.277. The van der Waals surface area contributed by atoms with Crippen molar-refractivity contribution in [3.05, 3.63) is 34.8 Å². The molecule has 1 aromatic carbocycles. The SMILES string of the molecule is COc1ccc(C#N)c(C=C(CN)B2OC(C)(C)C(C)(C)O2)c1. The van der Waals surface area contributed by atoms with E-state index in [4.69, 9.17) is 19.8 Å². The van der Waals surface area contributed by atoms with Crippen LogP contribution in [0.5, 0.6) is 5.75 Å². The Labute approximate surface area is 138 Å². The standard InChI is InChI=1S/C17H23BN2O3/c1-16(2)17(3,4)23-18(22-16)14(11-20)8-13-9-15(21-5)7-6-12(13)10-19/h6-9H,11,20H2,1-5H3. The molecule has 0 radical (unpaired) electrons. The highest BCUT2D eigenvalue weighted by molar-refractivity contribution is 6.55. The van der Waals surface area contributed by atoms with E-state index in [0.29, 0.717) is 11.3 Å². The third kappa shape index (κ3) is 3.42. The minimum atomic E-state index is -0.525. The maximum atomic E-state index is 9.29. The van der Waals surface area contributed by atoms with Gasteiger partial charge in [-0.2, -0.15) is 5.26 Å². The number of nitriles is 1. The second kappa shape index (κ2) is 6.36. The number of rotatable bonds is 4. The van der Waals surface area contributed by atoms with Crippen LogP contribution in [0.3, 0.4) is 0 Å². The summed E-state index contributed by atoms with van der Waals surface area (Å²) < 4.78 is 17.3. The lowest BCUT2D eigenvalue weighted by atomic mass is 9.77. The van der Waals surface area contributed by atoms with Crippen molar-refractivity contribution in [2.75, 3.05) is 13.7 Å². The molecule has 1 fully saturated rings. The molecule has 0 amide bonds. The van der Waals surface area contributed by atoms with E-state index in [1.165, 1.54) is 0 Å². The molecule has 122 valence electrons. The van der Waals surface area contributed by atoms with Crippen LogP contribution in [-0.2, 0) is 9.31 Å². The first-order valence-corrected chi connectivity index (χ1v) is 7.58. The topological polar surface area (TPSA) is 77.5 Å². The van der Waals surface area contributed by atoms with Crippen LogP contribution in [0.15, 0.2) is 23.7 Å². The summed E-state index contributed by atoms with van der Waals surface area (Å²) in [5.41, 5.74) is 7.11. The van der Waals surface area contributed by atoms with Gasteiger partial charge in [-0.3, -0.25) is 0 Å². The average Bonchev–Trinajstić information content (AvgIpc) is 2.72. The maximum Gasteiger partial charge on any atom is 0.491 e. The lowest BCUT2D eigenvalue weighted by Crippen LogP contribution is -2.41. The molecule has 0 saturated carbocycles. The van der Waals surface area contributed by atoms with E-state index in [0.717, 1.165) is 11.0 Å². The lowest BCUT2D eigenvalue weighted by molar-refractivity contribution is 0.00578. The number of ether oxygens (including phenoxy) is 1. The molecular weight excluding hydrogens is 291 g/mol. The van der Waals surface area contributed by atoms with Gasteiger partial charge < -0.3 is 19.8 Å². The number of nitrogens with two attached hydrogens (primary N) is 1. The quantitative estimate of drug-likeness (QED) is 0.864. The number of nitrogens with zero attached hydrogens (tertiary/aromatic N) is 1. The van der Waals surface area contributed by atoms with E-state index in [2.05, 4.69) is 6.07 Å². The molecule has 0 unspecified atom stereocenters. The Bertz CT molecular complexity index is 646. The molecule has 2 N–H and O–H groups in total. The number of methoxy groups -OCH3 is 1. The van der Waals surface area contributed by atoms with Gasteiger partial charge in [-0.25, -0.2) is 0 Å². The van der Waals surface area contributed by atoms with Crippen molar-refractivity contribution in [2.45, 2.75) is 38.9 Å². The van der Waals surface area contributed by atoms with Crippen molar-refractivity contribution < 1.29 is 14.0 Å². The lowest BCUT2D eigenvalue weighted by Gasteiger charge is -2.32. The smallest absolute Gasteiger partial charge is 0.491 e. The van der Waals surface area contributed by atoms with Crippen LogP contribution in [0.2, 0.25) is 0 Å². The molecule has 6 heteroatoms. The summed E-state index contributed by atoms with van der Waals surface area (Å²) in [6.45, 7) is 8.25. The van der Waals surface area contributed by atoms with Gasteiger partial charge in [0.05, 0.1) is 29.9 Å². The molecule has 2 rings (SSSR count). The molecule has 1 aliphatic heterocycles. The Balaban J connectivity index is 2.39. The molecule has 0 aromatic heterocycles. The van der Waals surface area contributed by atoms with Crippen LogP contribution >= 0.6 is 0 Å². The summed E-state index contributed by atoms with van der Waals surface area (Å²) in [5.74, 6) is 0.681. The summed E-state index contributed by atoms with van der Waals surface area (Å²) in [6.07, 6.45) is 1.85. The fourth-order valence-electron chi connectivity index (χ4n) is 2.31. The van der Waals surface area contributed by atoms with Gasteiger partial charge in [-0.05, 0) is 56.9 Å². The van der Waals surface area contributed by atoms with Gasteiger partial charge in [0.15, 0.2) is 0 Å². The summed E-state index contributed by atoms with van der Waals surface area (Å²) in [4.78, 5) is 0. The molecule has 0 spiro atoms. The van der Waals surface area contributed by atoms with Gasteiger partial charge in [0.1, 0.15) is 5.75 Å². The monoisotopic (exact) mass is 314 g/mol. The Morgan fingerprint density at radius 2 is 1.91 bits per heavy atom. The van der Waals surface area contributed by atoms with Gasteiger partial charge in [0, 0.05) is 6.54 Å². The normalized spacial score (nSPS) is 19.5. The van der Waals surface area contributed by atoms with Crippen molar-refractivity contribution in [3.63, 3.8) is 0 Å². The molecule has 1 aromatic rings. The van der Waals surface area contributed by atoms with Crippen LogP contribution in [0, 0.1) is 11.3 Å². The zero-order valence-corrected chi connectivity index (χ0v) is 14.3.